The zero-order chi connectivity index (χ0) is 10.4. The van der Waals surface area contributed by atoms with Crippen molar-refractivity contribution in [2.24, 2.45) is 0 Å². The highest BCUT2D eigenvalue weighted by molar-refractivity contribution is 6.10. The fourth-order valence-corrected chi connectivity index (χ4v) is 2.27. The van der Waals surface area contributed by atoms with Gasteiger partial charge in [0.05, 0.1) is 6.04 Å². The topological polar surface area (TPSA) is 29.1 Å². The van der Waals surface area contributed by atoms with E-state index in [2.05, 4.69) is 11.4 Å². The van der Waals surface area contributed by atoms with Gasteiger partial charge in [-0.05, 0) is 29.3 Å². The Balaban J connectivity index is 2.50. The maximum atomic E-state index is 11.8. The number of carbonyl (C=O) groups is 1. The van der Waals surface area contributed by atoms with E-state index in [9.17, 15) is 4.79 Å². The number of benzene rings is 2. The van der Waals surface area contributed by atoms with Crippen LogP contribution in [0.25, 0.3) is 10.8 Å². The summed E-state index contributed by atoms with van der Waals surface area (Å²) in [4.78, 5) is 11.8. The second kappa shape index (κ2) is 2.83. The van der Waals surface area contributed by atoms with Gasteiger partial charge in [-0.15, -0.1) is 0 Å². The molecule has 1 aliphatic rings. The highest BCUT2D eigenvalue weighted by Gasteiger charge is 2.22. The Labute approximate surface area is 87.9 Å². The van der Waals surface area contributed by atoms with Gasteiger partial charge in [0, 0.05) is 5.56 Å². The first-order valence-corrected chi connectivity index (χ1v) is 5.10. The fraction of sp³-hybridized carbons (Fsp3) is 0.154. The summed E-state index contributed by atoms with van der Waals surface area (Å²) < 4.78 is 0. The van der Waals surface area contributed by atoms with Crippen molar-refractivity contribution in [3.05, 3.63) is 47.5 Å². The van der Waals surface area contributed by atoms with Crippen LogP contribution in [0.1, 0.15) is 28.9 Å². The summed E-state index contributed by atoms with van der Waals surface area (Å²) in [5, 5.41) is 5.21. The Morgan fingerprint density at radius 3 is 2.67 bits per heavy atom. The monoisotopic (exact) mass is 197 g/mol. The first-order valence-electron chi connectivity index (χ1n) is 5.10. The molecule has 1 atom stereocenters. The molecule has 2 nitrogen and oxygen atoms in total. The molecule has 1 aliphatic heterocycles. The minimum atomic E-state index is 0.0341. The molecule has 1 N–H and O–H groups in total. The van der Waals surface area contributed by atoms with Crippen LogP contribution in [0.15, 0.2) is 36.4 Å². The molecule has 2 heteroatoms. The Bertz CT molecular complexity index is 554. The lowest BCUT2D eigenvalue weighted by atomic mass is 9.92. The summed E-state index contributed by atoms with van der Waals surface area (Å²) in [5.41, 5.74) is 2.00. The first kappa shape index (κ1) is 8.48. The molecule has 0 spiro atoms. The molecule has 74 valence electrons. The van der Waals surface area contributed by atoms with Crippen LogP contribution in [0.3, 0.4) is 0 Å². The van der Waals surface area contributed by atoms with Crippen molar-refractivity contribution in [2.45, 2.75) is 13.0 Å². The van der Waals surface area contributed by atoms with Gasteiger partial charge in [-0.2, -0.15) is 0 Å². The summed E-state index contributed by atoms with van der Waals surface area (Å²) in [6, 6.07) is 12.1. The maximum Gasteiger partial charge on any atom is 0.252 e. The summed E-state index contributed by atoms with van der Waals surface area (Å²) in [7, 11) is 0. The van der Waals surface area contributed by atoms with Gasteiger partial charge in [0.15, 0.2) is 0 Å². The van der Waals surface area contributed by atoms with Crippen molar-refractivity contribution in [1.82, 2.24) is 5.32 Å². The zero-order valence-electron chi connectivity index (χ0n) is 8.45. The van der Waals surface area contributed by atoms with Crippen LogP contribution >= 0.6 is 0 Å². The molecule has 2 aromatic carbocycles. The first-order chi connectivity index (χ1) is 7.27. The van der Waals surface area contributed by atoms with Crippen LogP contribution in [0.4, 0.5) is 0 Å². The van der Waals surface area contributed by atoms with E-state index in [-0.39, 0.29) is 11.9 Å². The molecule has 1 amide bonds. The standard InChI is InChI=1S/C13H11NO/c1-8-10-6-2-4-9-5-3-7-11(12(9)10)13(15)14-8/h2-8H,1H3,(H,14,15). The Hall–Kier alpha value is -1.83. The van der Waals surface area contributed by atoms with Crippen molar-refractivity contribution in [3.63, 3.8) is 0 Å². The van der Waals surface area contributed by atoms with E-state index in [1.807, 2.05) is 37.3 Å². The lowest BCUT2D eigenvalue weighted by molar-refractivity contribution is 0.0937. The molecule has 0 fully saturated rings. The number of hydrogen-bond donors (Lipinski definition) is 1. The summed E-state index contributed by atoms with van der Waals surface area (Å²) >= 11 is 0. The lowest BCUT2D eigenvalue weighted by Crippen LogP contribution is -2.30. The van der Waals surface area contributed by atoms with Crippen molar-refractivity contribution in [2.75, 3.05) is 0 Å². The van der Waals surface area contributed by atoms with Crippen molar-refractivity contribution < 1.29 is 4.79 Å². The molecule has 1 heterocycles. The number of hydrogen-bond acceptors (Lipinski definition) is 1. The smallest absolute Gasteiger partial charge is 0.252 e. The highest BCUT2D eigenvalue weighted by atomic mass is 16.1. The lowest BCUT2D eigenvalue weighted by Gasteiger charge is -2.23. The van der Waals surface area contributed by atoms with Gasteiger partial charge in [0.25, 0.3) is 5.91 Å². The molecule has 0 aromatic heterocycles. The average Bonchev–Trinajstić information content (AvgIpc) is 2.25. The number of amides is 1. The van der Waals surface area contributed by atoms with E-state index in [0.29, 0.717) is 0 Å². The second-order valence-electron chi connectivity index (χ2n) is 3.95. The second-order valence-corrected chi connectivity index (χ2v) is 3.95. The third kappa shape index (κ3) is 1.08. The van der Waals surface area contributed by atoms with Gasteiger partial charge in [-0.25, -0.2) is 0 Å². The Morgan fingerprint density at radius 1 is 1.13 bits per heavy atom. The molecule has 0 saturated heterocycles. The van der Waals surface area contributed by atoms with Crippen molar-refractivity contribution in [1.29, 1.82) is 0 Å². The minimum Gasteiger partial charge on any atom is -0.345 e. The number of rotatable bonds is 0. The van der Waals surface area contributed by atoms with Crippen molar-refractivity contribution >= 4 is 16.7 Å². The Kier molecular flexibility index (Phi) is 1.60. The molecule has 0 radical (unpaired) electrons. The predicted molar refractivity (Wildman–Crippen MR) is 59.8 cm³/mol. The SMILES string of the molecule is CC1NC(=O)c2cccc3cccc1c23. The maximum absolute atomic E-state index is 11.8. The molecular weight excluding hydrogens is 186 g/mol. The Morgan fingerprint density at radius 2 is 1.87 bits per heavy atom. The van der Waals surface area contributed by atoms with E-state index in [0.717, 1.165) is 16.3 Å². The van der Waals surface area contributed by atoms with Gasteiger partial charge < -0.3 is 5.32 Å². The van der Waals surface area contributed by atoms with Gasteiger partial charge in [0.1, 0.15) is 0 Å². The summed E-state index contributed by atoms with van der Waals surface area (Å²) in [6.45, 7) is 2.02. The van der Waals surface area contributed by atoms with Gasteiger partial charge in [-0.3, -0.25) is 4.79 Å². The van der Waals surface area contributed by atoms with Crippen LogP contribution in [0.2, 0.25) is 0 Å². The predicted octanol–water partition coefficient (Wildman–Crippen LogP) is 2.64. The molecule has 1 unspecified atom stereocenters. The molecule has 3 rings (SSSR count). The van der Waals surface area contributed by atoms with E-state index >= 15 is 0 Å². The molecule has 0 bridgehead atoms. The average molecular weight is 197 g/mol. The van der Waals surface area contributed by atoms with Gasteiger partial charge >= 0.3 is 0 Å². The fourth-order valence-electron chi connectivity index (χ4n) is 2.27. The van der Waals surface area contributed by atoms with E-state index in [4.69, 9.17) is 0 Å². The van der Waals surface area contributed by atoms with Crippen LogP contribution in [0, 0.1) is 0 Å². The molecule has 2 aromatic rings. The normalized spacial score (nSPS) is 19.0. The quantitative estimate of drug-likeness (QED) is 0.691. The van der Waals surface area contributed by atoms with Gasteiger partial charge in [0.2, 0.25) is 0 Å². The summed E-state index contributed by atoms with van der Waals surface area (Å²) in [6.07, 6.45) is 0. The van der Waals surface area contributed by atoms with Crippen molar-refractivity contribution in [3.8, 4) is 0 Å². The van der Waals surface area contributed by atoms with E-state index in [1.165, 1.54) is 5.56 Å². The van der Waals surface area contributed by atoms with Crippen LogP contribution in [0.5, 0.6) is 0 Å². The molecule has 0 aliphatic carbocycles. The van der Waals surface area contributed by atoms with Gasteiger partial charge in [-0.1, -0.05) is 30.3 Å². The van der Waals surface area contributed by atoms with Crippen LogP contribution in [-0.4, -0.2) is 5.91 Å². The largest absolute Gasteiger partial charge is 0.345 e. The van der Waals surface area contributed by atoms with Crippen LogP contribution in [-0.2, 0) is 0 Å². The van der Waals surface area contributed by atoms with E-state index < -0.39 is 0 Å². The zero-order valence-corrected chi connectivity index (χ0v) is 8.45. The molecule has 0 saturated carbocycles. The molecular formula is C13H11NO. The summed E-state index contributed by atoms with van der Waals surface area (Å²) in [5.74, 6) is 0.0341. The van der Waals surface area contributed by atoms with Crippen LogP contribution < -0.4 is 5.32 Å². The highest BCUT2D eigenvalue weighted by Crippen LogP contribution is 2.31. The number of nitrogens with one attached hydrogen (secondary N) is 1. The molecule has 15 heavy (non-hydrogen) atoms. The number of carbonyl (C=O) groups excluding carboxylic acids is 1. The third-order valence-electron chi connectivity index (χ3n) is 3.00. The minimum absolute atomic E-state index is 0.0341. The third-order valence-corrected chi connectivity index (χ3v) is 3.00. The van der Waals surface area contributed by atoms with E-state index in [1.54, 1.807) is 0 Å².